The first-order valence-corrected chi connectivity index (χ1v) is 6.66. The lowest BCUT2D eigenvalue weighted by Gasteiger charge is -2.34. The van der Waals surface area contributed by atoms with E-state index in [9.17, 15) is 9.59 Å². The van der Waals surface area contributed by atoms with Crippen molar-refractivity contribution in [3.63, 3.8) is 0 Å². The second-order valence-electron chi connectivity index (χ2n) is 5.59. The molecule has 0 aromatic heterocycles. The molecule has 21 heavy (non-hydrogen) atoms. The van der Waals surface area contributed by atoms with Crippen LogP contribution in [0.5, 0.6) is 0 Å². The molecule has 2 N–H and O–H groups in total. The number of ether oxygens (including phenoxy) is 2. The fourth-order valence-corrected chi connectivity index (χ4v) is 2.92. The monoisotopic (exact) mass is 292 g/mol. The van der Waals surface area contributed by atoms with Gasteiger partial charge in [-0.3, -0.25) is 4.79 Å². The molecular weight excluding hydrogens is 272 g/mol. The largest absolute Gasteiger partial charge is 0.469 e. The average Bonchev–Trinajstić information content (AvgIpc) is 2.79. The molecule has 1 aromatic rings. The van der Waals surface area contributed by atoms with Crippen molar-refractivity contribution in [1.82, 2.24) is 10.9 Å². The standard InChI is InChI=1S/C15H20N2O4/c1-14(2)11(12(18)20-3)15(17-16-14,13(19)21-4)10-8-6-5-7-9-10/h5-9,11,16-17H,1-4H3/t11-,15+/m0/s1. The maximum atomic E-state index is 12.5. The summed E-state index contributed by atoms with van der Waals surface area (Å²) in [4.78, 5) is 24.9. The molecule has 2 atom stereocenters. The Bertz CT molecular complexity index is 544. The molecule has 1 saturated heterocycles. The molecule has 114 valence electrons. The van der Waals surface area contributed by atoms with E-state index in [0.29, 0.717) is 5.56 Å². The lowest BCUT2D eigenvalue weighted by Crippen LogP contribution is -2.54. The Labute approximate surface area is 123 Å². The normalized spacial score (nSPS) is 27.1. The first kappa shape index (κ1) is 15.5. The minimum absolute atomic E-state index is 0.480. The summed E-state index contributed by atoms with van der Waals surface area (Å²) in [5.41, 5.74) is 4.62. The number of carbonyl (C=O) groups excluding carboxylic acids is 2. The van der Waals surface area contributed by atoms with Gasteiger partial charge in [0.15, 0.2) is 5.54 Å². The Kier molecular flexibility index (Phi) is 4.02. The summed E-state index contributed by atoms with van der Waals surface area (Å²) in [5.74, 6) is -1.79. The number of methoxy groups -OCH3 is 2. The molecule has 1 fully saturated rings. The summed E-state index contributed by atoms with van der Waals surface area (Å²) >= 11 is 0. The van der Waals surface area contributed by atoms with E-state index >= 15 is 0 Å². The first-order chi connectivity index (χ1) is 9.90. The van der Waals surface area contributed by atoms with E-state index in [1.807, 2.05) is 19.9 Å². The van der Waals surface area contributed by atoms with Crippen molar-refractivity contribution >= 4 is 11.9 Å². The van der Waals surface area contributed by atoms with Gasteiger partial charge < -0.3 is 9.47 Å². The van der Waals surface area contributed by atoms with Gasteiger partial charge in [-0.2, -0.15) is 0 Å². The fraction of sp³-hybridized carbons (Fsp3) is 0.467. The molecule has 0 aliphatic carbocycles. The van der Waals surface area contributed by atoms with E-state index in [-0.39, 0.29) is 0 Å². The molecule has 0 saturated carbocycles. The van der Waals surface area contributed by atoms with Gasteiger partial charge in [0, 0.05) is 5.54 Å². The van der Waals surface area contributed by atoms with E-state index in [1.165, 1.54) is 14.2 Å². The highest BCUT2D eigenvalue weighted by Gasteiger charge is 2.63. The molecule has 1 heterocycles. The van der Waals surface area contributed by atoms with Crippen LogP contribution in [0.3, 0.4) is 0 Å². The number of hydrogen-bond donors (Lipinski definition) is 2. The second kappa shape index (κ2) is 5.46. The zero-order valence-corrected chi connectivity index (χ0v) is 12.6. The Morgan fingerprint density at radius 3 is 2.19 bits per heavy atom. The van der Waals surface area contributed by atoms with Crippen molar-refractivity contribution in [3.8, 4) is 0 Å². The SMILES string of the molecule is COC(=O)[C@H]1C(C)(C)NN[C@]1(C(=O)OC)c1ccccc1. The van der Waals surface area contributed by atoms with Crippen molar-refractivity contribution in [1.29, 1.82) is 0 Å². The number of hydrogen-bond acceptors (Lipinski definition) is 6. The Morgan fingerprint density at radius 1 is 1.05 bits per heavy atom. The Hall–Kier alpha value is -1.92. The van der Waals surface area contributed by atoms with Gasteiger partial charge in [0.05, 0.1) is 14.2 Å². The smallest absolute Gasteiger partial charge is 0.332 e. The zero-order chi connectivity index (χ0) is 15.7. The van der Waals surface area contributed by atoms with Gasteiger partial charge in [0.2, 0.25) is 0 Å². The summed E-state index contributed by atoms with van der Waals surface area (Å²) in [6.45, 7) is 3.66. The maximum Gasteiger partial charge on any atom is 0.332 e. The third kappa shape index (κ3) is 2.30. The van der Waals surface area contributed by atoms with E-state index in [2.05, 4.69) is 10.9 Å². The predicted molar refractivity (Wildman–Crippen MR) is 76.0 cm³/mol. The molecule has 0 spiro atoms. The minimum Gasteiger partial charge on any atom is -0.469 e. The van der Waals surface area contributed by atoms with Gasteiger partial charge in [-0.25, -0.2) is 15.6 Å². The highest BCUT2D eigenvalue weighted by molar-refractivity contribution is 5.91. The van der Waals surface area contributed by atoms with Gasteiger partial charge in [0.25, 0.3) is 0 Å². The molecule has 1 aliphatic heterocycles. The van der Waals surface area contributed by atoms with Gasteiger partial charge in [-0.15, -0.1) is 0 Å². The van der Waals surface area contributed by atoms with E-state index in [1.54, 1.807) is 24.3 Å². The topological polar surface area (TPSA) is 76.7 Å². The lowest BCUT2D eigenvalue weighted by molar-refractivity contribution is -0.161. The van der Waals surface area contributed by atoms with Crippen molar-refractivity contribution < 1.29 is 19.1 Å². The number of nitrogens with one attached hydrogen (secondary N) is 2. The van der Waals surface area contributed by atoms with Crippen LogP contribution in [0, 0.1) is 5.92 Å². The molecule has 6 heteroatoms. The number of carbonyl (C=O) groups is 2. The van der Waals surface area contributed by atoms with Crippen LogP contribution in [0.1, 0.15) is 19.4 Å². The van der Waals surface area contributed by atoms with Gasteiger partial charge in [0.1, 0.15) is 5.92 Å². The molecule has 1 aromatic carbocycles. The molecule has 0 bridgehead atoms. The zero-order valence-electron chi connectivity index (χ0n) is 12.6. The quantitative estimate of drug-likeness (QED) is 0.800. The molecule has 1 aliphatic rings. The van der Waals surface area contributed by atoms with Crippen LogP contribution < -0.4 is 10.9 Å². The number of rotatable bonds is 3. The van der Waals surface area contributed by atoms with Crippen LogP contribution in [0.4, 0.5) is 0 Å². The summed E-state index contributed by atoms with van der Waals surface area (Å²) in [7, 11) is 2.61. The molecular formula is C15H20N2O4. The van der Waals surface area contributed by atoms with E-state index in [4.69, 9.17) is 9.47 Å². The second-order valence-corrected chi connectivity index (χ2v) is 5.59. The van der Waals surface area contributed by atoms with Crippen molar-refractivity contribution in [2.75, 3.05) is 14.2 Å². The van der Waals surface area contributed by atoms with Crippen LogP contribution in [-0.2, 0) is 24.6 Å². The van der Waals surface area contributed by atoms with Gasteiger partial charge in [-0.1, -0.05) is 30.3 Å². The first-order valence-electron chi connectivity index (χ1n) is 6.66. The third-order valence-corrected chi connectivity index (χ3v) is 3.91. The van der Waals surface area contributed by atoms with Crippen molar-refractivity contribution in [3.05, 3.63) is 35.9 Å². The fourth-order valence-electron chi connectivity index (χ4n) is 2.92. The molecule has 0 radical (unpaired) electrons. The molecule has 0 amide bonds. The lowest BCUT2D eigenvalue weighted by atomic mass is 9.71. The van der Waals surface area contributed by atoms with Gasteiger partial charge >= 0.3 is 11.9 Å². The van der Waals surface area contributed by atoms with Crippen molar-refractivity contribution in [2.45, 2.75) is 24.9 Å². The molecule has 6 nitrogen and oxygen atoms in total. The Morgan fingerprint density at radius 2 is 1.67 bits per heavy atom. The number of esters is 2. The van der Waals surface area contributed by atoms with Crippen LogP contribution in [0.25, 0.3) is 0 Å². The third-order valence-electron chi connectivity index (χ3n) is 3.91. The van der Waals surface area contributed by atoms with Crippen molar-refractivity contribution in [2.24, 2.45) is 5.92 Å². The molecule has 0 unspecified atom stereocenters. The number of benzene rings is 1. The van der Waals surface area contributed by atoms with Crippen LogP contribution in [0.2, 0.25) is 0 Å². The summed E-state index contributed by atoms with van der Waals surface area (Å²) in [6, 6.07) is 9.02. The summed E-state index contributed by atoms with van der Waals surface area (Å²) < 4.78 is 9.88. The van der Waals surface area contributed by atoms with Crippen LogP contribution in [0.15, 0.2) is 30.3 Å². The van der Waals surface area contributed by atoms with Gasteiger partial charge in [-0.05, 0) is 19.4 Å². The highest BCUT2D eigenvalue weighted by Crippen LogP contribution is 2.42. The summed E-state index contributed by atoms with van der Waals surface area (Å²) in [6.07, 6.45) is 0. The van der Waals surface area contributed by atoms with Crippen LogP contribution in [-0.4, -0.2) is 31.7 Å². The van der Waals surface area contributed by atoms with E-state index < -0.39 is 28.9 Å². The highest BCUT2D eigenvalue weighted by atomic mass is 16.5. The summed E-state index contributed by atoms with van der Waals surface area (Å²) in [5, 5.41) is 0. The van der Waals surface area contributed by atoms with Crippen LogP contribution >= 0.6 is 0 Å². The minimum atomic E-state index is -1.33. The average molecular weight is 292 g/mol. The molecule has 2 rings (SSSR count). The van der Waals surface area contributed by atoms with E-state index in [0.717, 1.165) is 0 Å². The number of hydrazine groups is 1. The Balaban J connectivity index is 2.65. The predicted octanol–water partition coefficient (Wildman–Crippen LogP) is 0.731. The maximum absolute atomic E-state index is 12.5.